The van der Waals surface area contributed by atoms with Crippen molar-refractivity contribution >= 4 is 5.69 Å². The van der Waals surface area contributed by atoms with Gasteiger partial charge in [-0.25, -0.2) is 0 Å². The zero-order valence-electron chi connectivity index (χ0n) is 16.2. The minimum atomic E-state index is 0.523. The lowest BCUT2D eigenvalue weighted by atomic mass is 9.80. The molecule has 6 nitrogen and oxygen atoms in total. The average molecular weight is 367 g/mol. The zero-order valence-corrected chi connectivity index (χ0v) is 16.2. The molecule has 2 saturated carbocycles. The Morgan fingerprint density at radius 1 is 1.11 bits per heavy atom. The standard InChI is InChI=1S/C21H30N6/c1-25-6-8-26(9-7-25)17-4-5-20(23-13-17)19-14-27(18-10-15(11-18)12-22)24-21(19)16-2-3-16/h4-5,13-16,18H,2-3,6-12,22H2,1H3. The molecule has 3 heterocycles. The van der Waals surface area contributed by atoms with Crippen LogP contribution in [0.2, 0.25) is 0 Å². The average Bonchev–Trinajstić information content (AvgIpc) is 3.41. The van der Waals surface area contributed by atoms with Gasteiger partial charge in [-0.1, -0.05) is 0 Å². The van der Waals surface area contributed by atoms with Crippen molar-refractivity contribution in [1.82, 2.24) is 19.7 Å². The van der Waals surface area contributed by atoms with E-state index in [2.05, 4.69) is 39.9 Å². The summed E-state index contributed by atoms with van der Waals surface area (Å²) in [6.45, 7) is 5.19. The van der Waals surface area contributed by atoms with E-state index in [1.165, 1.54) is 29.8 Å². The number of likely N-dealkylation sites (N-methyl/N-ethyl adjacent to an activating group) is 1. The highest BCUT2D eigenvalue weighted by Crippen LogP contribution is 2.45. The van der Waals surface area contributed by atoms with Crippen LogP contribution in [0.3, 0.4) is 0 Å². The van der Waals surface area contributed by atoms with E-state index in [0.29, 0.717) is 17.9 Å². The first-order valence-corrected chi connectivity index (χ1v) is 10.4. The Labute approximate surface area is 161 Å². The SMILES string of the molecule is CN1CCN(c2ccc(-c3cn(C4CC(CN)C4)nc3C3CC3)nc2)CC1. The number of rotatable bonds is 5. The van der Waals surface area contributed by atoms with E-state index >= 15 is 0 Å². The number of piperazine rings is 1. The number of pyridine rings is 1. The molecule has 144 valence electrons. The second kappa shape index (κ2) is 6.91. The molecule has 2 aliphatic carbocycles. The van der Waals surface area contributed by atoms with Gasteiger partial charge in [0.1, 0.15) is 0 Å². The summed E-state index contributed by atoms with van der Waals surface area (Å²) in [5.74, 6) is 1.30. The van der Waals surface area contributed by atoms with Crippen molar-refractivity contribution in [2.24, 2.45) is 11.7 Å². The zero-order chi connectivity index (χ0) is 18.4. The predicted octanol–water partition coefficient (Wildman–Crippen LogP) is 2.48. The van der Waals surface area contributed by atoms with Crippen molar-refractivity contribution in [3.8, 4) is 11.3 Å². The molecule has 0 unspecified atom stereocenters. The third-order valence-corrected chi connectivity index (χ3v) is 6.54. The van der Waals surface area contributed by atoms with E-state index in [-0.39, 0.29) is 0 Å². The summed E-state index contributed by atoms with van der Waals surface area (Å²) in [7, 11) is 2.19. The van der Waals surface area contributed by atoms with E-state index in [0.717, 1.165) is 51.3 Å². The van der Waals surface area contributed by atoms with Crippen LogP contribution < -0.4 is 10.6 Å². The van der Waals surface area contributed by atoms with Crippen molar-refractivity contribution in [2.75, 3.05) is 44.7 Å². The molecule has 27 heavy (non-hydrogen) atoms. The third kappa shape index (κ3) is 3.36. The summed E-state index contributed by atoms with van der Waals surface area (Å²) in [5, 5.41) is 4.98. The molecule has 2 aromatic rings. The Hall–Kier alpha value is -1.92. The first kappa shape index (κ1) is 17.2. The van der Waals surface area contributed by atoms with Gasteiger partial charge in [-0.15, -0.1) is 0 Å². The van der Waals surface area contributed by atoms with Crippen molar-refractivity contribution in [2.45, 2.75) is 37.6 Å². The quantitative estimate of drug-likeness (QED) is 0.881. The van der Waals surface area contributed by atoms with E-state index < -0.39 is 0 Å². The van der Waals surface area contributed by atoms with Gasteiger partial charge in [0.05, 0.1) is 29.3 Å². The molecule has 0 radical (unpaired) electrons. The van der Waals surface area contributed by atoms with Crippen molar-refractivity contribution in [3.63, 3.8) is 0 Å². The lowest BCUT2D eigenvalue weighted by molar-refractivity contribution is 0.189. The molecule has 2 aromatic heterocycles. The molecule has 0 bridgehead atoms. The van der Waals surface area contributed by atoms with Crippen molar-refractivity contribution < 1.29 is 0 Å². The molecule has 0 amide bonds. The molecular weight excluding hydrogens is 336 g/mol. The van der Waals surface area contributed by atoms with Gasteiger partial charge in [0.25, 0.3) is 0 Å². The summed E-state index contributed by atoms with van der Waals surface area (Å²) < 4.78 is 2.20. The molecule has 0 atom stereocenters. The van der Waals surface area contributed by atoms with Crippen LogP contribution in [0.4, 0.5) is 5.69 Å². The number of nitrogens with two attached hydrogens (primary N) is 1. The molecule has 6 heteroatoms. The highest BCUT2D eigenvalue weighted by Gasteiger charge is 2.34. The molecule has 1 aliphatic heterocycles. The Morgan fingerprint density at radius 2 is 1.89 bits per heavy atom. The molecule has 3 fully saturated rings. The van der Waals surface area contributed by atoms with Crippen LogP contribution >= 0.6 is 0 Å². The minimum absolute atomic E-state index is 0.523. The Morgan fingerprint density at radius 3 is 2.52 bits per heavy atom. The summed E-state index contributed by atoms with van der Waals surface area (Å²) in [5.41, 5.74) is 10.6. The van der Waals surface area contributed by atoms with Gasteiger partial charge >= 0.3 is 0 Å². The van der Waals surface area contributed by atoms with Gasteiger partial charge in [0, 0.05) is 43.9 Å². The maximum absolute atomic E-state index is 5.80. The van der Waals surface area contributed by atoms with E-state index in [4.69, 9.17) is 15.8 Å². The summed E-state index contributed by atoms with van der Waals surface area (Å²) in [6.07, 6.45) is 9.14. The van der Waals surface area contributed by atoms with Crippen molar-refractivity contribution in [1.29, 1.82) is 0 Å². The molecular formula is C21H30N6. The Bertz CT molecular complexity index is 780. The smallest absolute Gasteiger partial charge is 0.0749 e. The maximum Gasteiger partial charge on any atom is 0.0749 e. The van der Waals surface area contributed by atoms with Gasteiger partial charge < -0.3 is 15.5 Å². The summed E-state index contributed by atoms with van der Waals surface area (Å²) >= 11 is 0. The van der Waals surface area contributed by atoms with Crippen LogP contribution in [-0.4, -0.2) is 59.4 Å². The van der Waals surface area contributed by atoms with Crippen LogP contribution in [0.1, 0.15) is 43.3 Å². The normalized spacial score (nSPS) is 26.2. The number of aromatic nitrogens is 3. The predicted molar refractivity (Wildman–Crippen MR) is 108 cm³/mol. The Kier molecular flexibility index (Phi) is 4.40. The summed E-state index contributed by atoms with van der Waals surface area (Å²) in [4.78, 5) is 9.65. The maximum atomic E-state index is 5.80. The van der Waals surface area contributed by atoms with E-state index in [9.17, 15) is 0 Å². The van der Waals surface area contributed by atoms with Gasteiger partial charge in [-0.05, 0) is 57.3 Å². The molecule has 3 aliphatic rings. The largest absolute Gasteiger partial charge is 0.368 e. The molecule has 5 rings (SSSR count). The molecule has 0 aromatic carbocycles. The highest BCUT2D eigenvalue weighted by atomic mass is 15.3. The number of hydrogen-bond acceptors (Lipinski definition) is 5. The minimum Gasteiger partial charge on any atom is -0.368 e. The fraction of sp³-hybridized carbons (Fsp3) is 0.619. The fourth-order valence-corrected chi connectivity index (χ4v) is 4.35. The van der Waals surface area contributed by atoms with Crippen LogP contribution in [0.15, 0.2) is 24.5 Å². The molecule has 0 spiro atoms. The number of nitrogens with zero attached hydrogens (tertiary/aromatic N) is 5. The highest BCUT2D eigenvalue weighted by molar-refractivity contribution is 5.64. The Balaban J connectivity index is 1.36. The second-order valence-corrected chi connectivity index (χ2v) is 8.60. The lowest BCUT2D eigenvalue weighted by Gasteiger charge is -2.34. The van der Waals surface area contributed by atoms with Crippen molar-refractivity contribution in [3.05, 3.63) is 30.2 Å². The van der Waals surface area contributed by atoms with E-state index in [1.807, 2.05) is 6.20 Å². The third-order valence-electron chi connectivity index (χ3n) is 6.54. The van der Waals surface area contributed by atoms with Crippen LogP contribution in [0, 0.1) is 5.92 Å². The van der Waals surface area contributed by atoms with Crippen LogP contribution in [0.5, 0.6) is 0 Å². The van der Waals surface area contributed by atoms with Crippen LogP contribution in [-0.2, 0) is 0 Å². The topological polar surface area (TPSA) is 63.2 Å². The summed E-state index contributed by atoms with van der Waals surface area (Å²) in [6, 6.07) is 4.94. The monoisotopic (exact) mass is 366 g/mol. The van der Waals surface area contributed by atoms with Gasteiger partial charge in [0.15, 0.2) is 0 Å². The van der Waals surface area contributed by atoms with Gasteiger partial charge in [-0.2, -0.15) is 5.10 Å². The van der Waals surface area contributed by atoms with Gasteiger partial charge in [0.2, 0.25) is 0 Å². The van der Waals surface area contributed by atoms with E-state index in [1.54, 1.807) is 0 Å². The number of anilines is 1. The fourth-order valence-electron chi connectivity index (χ4n) is 4.35. The first-order valence-electron chi connectivity index (χ1n) is 10.4. The number of hydrogen-bond donors (Lipinski definition) is 1. The van der Waals surface area contributed by atoms with Crippen LogP contribution in [0.25, 0.3) is 11.3 Å². The van der Waals surface area contributed by atoms with Gasteiger partial charge in [-0.3, -0.25) is 9.67 Å². The first-order chi connectivity index (χ1) is 13.2. The molecule has 1 saturated heterocycles. The second-order valence-electron chi connectivity index (χ2n) is 8.60. The lowest BCUT2D eigenvalue weighted by Crippen LogP contribution is -2.44. The molecule has 2 N–H and O–H groups in total.